The second kappa shape index (κ2) is 5.18. The first-order chi connectivity index (χ1) is 10.5. The number of aromatic nitrogens is 2. The minimum atomic E-state index is -0.398. The second-order valence-electron chi connectivity index (χ2n) is 5.08. The van der Waals surface area contributed by atoms with Gasteiger partial charge in [-0.15, -0.1) is 0 Å². The van der Waals surface area contributed by atoms with Crippen LogP contribution < -0.4 is 10.9 Å². The Morgan fingerprint density at radius 2 is 2.23 bits per heavy atom. The maximum atomic E-state index is 12.5. The van der Waals surface area contributed by atoms with E-state index in [2.05, 4.69) is 10.3 Å². The number of nitrogens with one attached hydrogen (secondary N) is 1. The summed E-state index contributed by atoms with van der Waals surface area (Å²) in [7, 11) is 1.57. The van der Waals surface area contributed by atoms with Crippen LogP contribution in [0.25, 0.3) is 11.1 Å². The first kappa shape index (κ1) is 14.1. The van der Waals surface area contributed by atoms with Crippen LogP contribution in [0.1, 0.15) is 34.8 Å². The summed E-state index contributed by atoms with van der Waals surface area (Å²) in [5.74, 6) is 0.588. The maximum absolute atomic E-state index is 12.5. The van der Waals surface area contributed by atoms with E-state index in [1.54, 1.807) is 33.0 Å². The van der Waals surface area contributed by atoms with Gasteiger partial charge in [0.2, 0.25) is 5.71 Å². The van der Waals surface area contributed by atoms with Gasteiger partial charge in [-0.2, -0.15) is 0 Å². The lowest BCUT2D eigenvalue weighted by Crippen LogP contribution is -2.28. The fourth-order valence-electron chi connectivity index (χ4n) is 2.34. The molecule has 3 rings (SSSR count). The molecule has 1 unspecified atom stereocenters. The van der Waals surface area contributed by atoms with Gasteiger partial charge in [0.1, 0.15) is 23.2 Å². The third kappa shape index (κ3) is 2.20. The molecule has 0 fully saturated rings. The normalized spacial score (nSPS) is 12.5. The molecule has 0 aliphatic heterocycles. The average molecular weight is 301 g/mol. The van der Waals surface area contributed by atoms with Crippen molar-refractivity contribution in [2.24, 2.45) is 7.05 Å². The van der Waals surface area contributed by atoms with Crippen molar-refractivity contribution < 1.29 is 13.6 Å². The molecule has 1 atom stereocenters. The predicted molar refractivity (Wildman–Crippen MR) is 78.6 cm³/mol. The number of aryl methyl sites for hydroxylation is 2. The van der Waals surface area contributed by atoms with Crippen LogP contribution in [0, 0.1) is 6.92 Å². The van der Waals surface area contributed by atoms with Gasteiger partial charge in [-0.1, -0.05) is 0 Å². The lowest BCUT2D eigenvalue weighted by atomic mass is 10.1. The molecule has 0 saturated carbocycles. The van der Waals surface area contributed by atoms with Crippen LogP contribution in [0.2, 0.25) is 0 Å². The van der Waals surface area contributed by atoms with Crippen LogP contribution >= 0.6 is 0 Å². The fraction of sp³-hybridized carbons (Fsp3) is 0.267. The molecule has 0 spiro atoms. The summed E-state index contributed by atoms with van der Waals surface area (Å²) in [5.41, 5.74) is 0.0520. The zero-order valence-corrected chi connectivity index (χ0v) is 12.4. The highest BCUT2D eigenvalue weighted by Gasteiger charge is 2.24. The zero-order chi connectivity index (χ0) is 15.9. The summed E-state index contributed by atoms with van der Waals surface area (Å²) in [5, 5.41) is 2.98. The van der Waals surface area contributed by atoms with E-state index in [-0.39, 0.29) is 28.3 Å². The van der Waals surface area contributed by atoms with Gasteiger partial charge in [0.25, 0.3) is 11.5 Å². The van der Waals surface area contributed by atoms with E-state index in [0.29, 0.717) is 11.5 Å². The average Bonchev–Trinajstić information content (AvgIpc) is 3.10. The zero-order valence-electron chi connectivity index (χ0n) is 12.4. The van der Waals surface area contributed by atoms with E-state index in [9.17, 15) is 9.59 Å². The highest BCUT2D eigenvalue weighted by atomic mass is 16.3. The largest absolute Gasteiger partial charge is 0.467 e. The minimum absolute atomic E-state index is 0.163. The number of hydrogen-bond acceptors (Lipinski definition) is 5. The topological polar surface area (TPSA) is 90.3 Å². The third-order valence-electron chi connectivity index (χ3n) is 3.49. The number of amides is 1. The molecule has 3 heterocycles. The van der Waals surface area contributed by atoms with Crippen molar-refractivity contribution >= 4 is 17.0 Å². The number of furan rings is 2. The number of carbonyl (C=O) groups excluding carboxylic acids is 1. The summed E-state index contributed by atoms with van der Waals surface area (Å²) < 4.78 is 12.0. The first-order valence-corrected chi connectivity index (χ1v) is 6.78. The standard InChI is InChI=1S/C15H15N3O4/c1-8(10-5-4-6-21-10)17-13(19)11-9(2)22-14-12(11)15(20)18(3)7-16-14/h4-8H,1-3H3,(H,17,19). The van der Waals surface area contributed by atoms with Crippen molar-refractivity contribution in [3.8, 4) is 0 Å². The SMILES string of the molecule is Cc1oc2ncn(C)c(=O)c2c1C(=O)NC(C)c1ccco1. The van der Waals surface area contributed by atoms with Crippen LogP contribution in [0.15, 0.2) is 38.4 Å². The highest BCUT2D eigenvalue weighted by Crippen LogP contribution is 2.22. The van der Waals surface area contributed by atoms with Crippen LogP contribution in [0.5, 0.6) is 0 Å². The van der Waals surface area contributed by atoms with E-state index < -0.39 is 5.91 Å². The van der Waals surface area contributed by atoms with Gasteiger partial charge in [0, 0.05) is 7.05 Å². The van der Waals surface area contributed by atoms with Crippen LogP contribution in [0.4, 0.5) is 0 Å². The molecule has 3 aromatic heterocycles. The van der Waals surface area contributed by atoms with Crippen LogP contribution in [0.3, 0.4) is 0 Å². The Hall–Kier alpha value is -2.83. The van der Waals surface area contributed by atoms with E-state index in [4.69, 9.17) is 8.83 Å². The van der Waals surface area contributed by atoms with Crippen molar-refractivity contribution in [1.82, 2.24) is 14.9 Å². The molecule has 0 saturated heterocycles. The Kier molecular flexibility index (Phi) is 3.32. The molecule has 7 nitrogen and oxygen atoms in total. The predicted octanol–water partition coefficient (Wildman–Crippen LogP) is 1.92. The number of fused-ring (bicyclic) bond motifs is 1. The van der Waals surface area contributed by atoms with Gasteiger partial charge in [0.05, 0.1) is 17.9 Å². The van der Waals surface area contributed by atoms with Crippen molar-refractivity contribution in [3.63, 3.8) is 0 Å². The van der Waals surface area contributed by atoms with Gasteiger partial charge in [0.15, 0.2) is 0 Å². The molecule has 1 N–H and O–H groups in total. The lowest BCUT2D eigenvalue weighted by molar-refractivity contribution is 0.0935. The van der Waals surface area contributed by atoms with Crippen molar-refractivity contribution in [1.29, 1.82) is 0 Å². The van der Waals surface area contributed by atoms with Gasteiger partial charge < -0.3 is 18.7 Å². The fourth-order valence-corrected chi connectivity index (χ4v) is 2.34. The number of nitrogens with zero attached hydrogens (tertiary/aromatic N) is 2. The lowest BCUT2D eigenvalue weighted by Gasteiger charge is -2.11. The molecule has 0 bridgehead atoms. The maximum Gasteiger partial charge on any atom is 0.265 e. The van der Waals surface area contributed by atoms with Gasteiger partial charge >= 0.3 is 0 Å². The van der Waals surface area contributed by atoms with E-state index >= 15 is 0 Å². The smallest absolute Gasteiger partial charge is 0.265 e. The molecule has 3 aromatic rings. The van der Waals surface area contributed by atoms with Gasteiger partial charge in [-0.25, -0.2) is 4.98 Å². The Labute approximate surface area is 125 Å². The summed E-state index contributed by atoms with van der Waals surface area (Å²) in [6.07, 6.45) is 2.90. The number of carbonyl (C=O) groups is 1. The third-order valence-corrected chi connectivity index (χ3v) is 3.49. The van der Waals surface area contributed by atoms with Gasteiger partial charge in [-0.05, 0) is 26.0 Å². The summed E-state index contributed by atoms with van der Waals surface area (Å²) >= 11 is 0. The van der Waals surface area contributed by atoms with E-state index in [1.807, 2.05) is 0 Å². The van der Waals surface area contributed by atoms with Crippen LogP contribution in [-0.2, 0) is 7.05 Å². The molecule has 0 radical (unpaired) electrons. The summed E-state index contributed by atoms with van der Waals surface area (Å²) in [6, 6.07) is 3.19. The molecule has 114 valence electrons. The second-order valence-corrected chi connectivity index (χ2v) is 5.08. The van der Waals surface area contributed by atoms with Crippen molar-refractivity contribution in [2.45, 2.75) is 19.9 Å². The Morgan fingerprint density at radius 3 is 2.91 bits per heavy atom. The molecule has 7 heteroatoms. The van der Waals surface area contributed by atoms with E-state index in [0.717, 1.165) is 0 Å². The first-order valence-electron chi connectivity index (χ1n) is 6.78. The van der Waals surface area contributed by atoms with Crippen molar-refractivity contribution in [3.05, 3.63) is 52.2 Å². The summed E-state index contributed by atoms with van der Waals surface area (Å²) in [4.78, 5) is 28.8. The minimum Gasteiger partial charge on any atom is -0.467 e. The van der Waals surface area contributed by atoms with Crippen molar-refractivity contribution in [2.75, 3.05) is 0 Å². The molecule has 0 aliphatic rings. The molecule has 0 aliphatic carbocycles. The Morgan fingerprint density at radius 1 is 1.45 bits per heavy atom. The van der Waals surface area contributed by atoms with Gasteiger partial charge in [-0.3, -0.25) is 9.59 Å². The molecular weight excluding hydrogens is 286 g/mol. The number of hydrogen-bond donors (Lipinski definition) is 1. The van der Waals surface area contributed by atoms with E-state index in [1.165, 1.54) is 17.2 Å². The molecule has 0 aromatic carbocycles. The monoisotopic (exact) mass is 301 g/mol. The molecule has 22 heavy (non-hydrogen) atoms. The Bertz CT molecular complexity index is 890. The summed E-state index contributed by atoms with van der Waals surface area (Å²) in [6.45, 7) is 3.43. The highest BCUT2D eigenvalue weighted by molar-refractivity contribution is 6.06. The quantitative estimate of drug-likeness (QED) is 0.798. The number of rotatable bonds is 3. The molecular formula is C15H15N3O4. The molecule has 1 amide bonds. The Balaban J connectivity index is 2.02. The van der Waals surface area contributed by atoms with Crippen LogP contribution in [-0.4, -0.2) is 15.5 Å².